The largest absolute Gasteiger partial charge is 0.480 e. The van der Waals surface area contributed by atoms with Gasteiger partial charge in [-0.3, -0.25) is 28.5 Å². The first-order chi connectivity index (χ1) is 17.0. The average Bonchev–Trinajstić information content (AvgIpc) is 3.27. The van der Waals surface area contributed by atoms with Crippen LogP contribution in [-0.2, 0) is 27.4 Å². The SMILES string of the molecule is Cc1cn(CC(=O)N(CCN(c2nnc(-c3cc(Cl)ccc3Cl)s2)S(=O)O)CC(=O)O)c(=O)[nH]c1=O. The summed E-state index contributed by atoms with van der Waals surface area (Å²) in [5, 5.41) is 18.2. The van der Waals surface area contributed by atoms with Gasteiger partial charge in [-0.25, -0.2) is 13.3 Å². The Hall–Kier alpha value is -3.11. The van der Waals surface area contributed by atoms with Crippen LogP contribution in [0.15, 0.2) is 34.0 Å². The molecule has 2 aromatic heterocycles. The molecule has 0 spiro atoms. The lowest BCUT2D eigenvalue weighted by Gasteiger charge is -2.24. The minimum absolute atomic E-state index is 0.0112. The van der Waals surface area contributed by atoms with E-state index in [1.165, 1.54) is 13.1 Å². The molecule has 1 unspecified atom stereocenters. The van der Waals surface area contributed by atoms with Crippen LogP contribution in [0.1, 0.15) is 5.56 Å². The number of halogens is 2. The highest BCUT2D eigenvalue weighted by Gasteiger charge is 2.24. The normalized spacial score (nSPS) is 11.8. The van der Waals surface area contributed by atoms with Gasteiger partial charge < -0.3 is 10.0 Å². The number of nitrogens with one attached hydrogen (secondary N) is 1. The van der Waals surface area contributed by atoms with Gasteiger partial charge in [-0.15, -0.1) is 10.2 Å². The molecule has 36 heavy (non-hydrogen) atoms. The van der Waals surface area contributed by atoms with Crippen LogP contribution in [0.25, 0.3) is 10.6 Å². The molecule has 0 bridgehead atoms. The van der Waals surface area contributed by atoms with E-state index in [-0.39, 0.29) is 23.8 Å². The number of amides is 1. The fourth-order valence-electron chi connectivity index (χ4n) is 2.98. The molecule has 0 aliphatic rings. The number of hydrogen-bond acceptors (Lipinski definition) is 8. The van der Waals surface area contributed by atoms with E-state index in [2.05, 4.69) is 15.2 Å². The summed E-state index contributed by atoms with van der Waals surface area (Å²) in [5.41, 5.74) is -0.808. The molecule has 13 nitrogen and oxygen atoms in total. The Labute approximate surface area is 219 Å². The number of hydrogen-bond donors (Lipinski definition) is 3. The molecule has 192 valence electrons. The summed E-state index contributed by atoms with van der Waals surface area (Å²) >= 11 is 10.5. The molecule has 0 fully saturated rings. The first-order valence-electron chi connectivity index (χ1n) is 9.93. The molecule has 0 saturated carbocycles. The lowest BCUT2D eigenvalue weighted by molar-refractivity contribution is -0.144. The fourth-order valence-corrected chi connectivity index (χ4v) is 4.93. The minimum atomic E-state index is -2.59. The molecule has 0 saturated heterocycles. The van der Waals surface area contributed by atoms with Gasteiger partial charge in [-0.1, -0.05) is 34.5 Å². The number of aryl methyl sites for hydroxylation is 1. The van der Waals surface area contributed by atoms with Gasteiger partial charge in [0.15, 0.2) is 5.01 Å². The third kappa shape index (κ3) is 6.76. The number of aliphatic carboxylic acids is 1. The molecule has 3 aromatic rings. The smallest absolute Gasteiger partial charge is 0.328 e. The molecule has 0 aliphatic heterocycles. The van der Waals surface area contributed by atoms with Gasteiger partial charge in [0, 0.05) is 28.9 Å². The number of anilines is 1. The van der Waals surface area contributed by atoms with Crippen LogP contribution in [0.4, 0.5) is 5.13 Å². The van der Waals surface area contributed by atoms with Gasteiger partial charge in [0.05, 0.1) is 11.6 Å². The molecule has 2 heterocycles. The second-order valence-electron chi connectivity index (χ2n) is 7.26. The van der Waals surface area contributed by atoms with Crippen molar-refractivity contribution < 1.29 is 23.5 Å². The topological polar surface area (TPSA) is 179 Å². The van der Waals surface area contributed by atoms with E-state index < -0.39 is 47.5 Å². The van der Waals surface area contributed by atoms with Crippen molar-refractivity contribution in [2.24, 2.45) is 0 Å². The van der Waals surface area contributed by atoms with E-state index in [0.717, 1.165) is 25.1 Å². The predicted molar refractivity (Wildman–Crippen MR) is 134 cm³/mol. The van der Waals surface area contributed by atoms with E-state index in [9.17, 15) is 33.0 Å². The van der Waals surface area contributed by atoms with E-state index in [1.807, 2.05) is 0 Å². The summed E-state index contributed by atoms with van der Waals surface area (Å²) in [6, 6.07) is 4.70. The van der Waals surface area contributed by atoms with Crippen molar-refractivity contribution >= 4 is 62.8 Å². The van der Waals surface area contributed by atoms with Gasteiger partial charge >= 0.3 is 11.7 Å². The van der Waals surface area contributed by atoms with Crippen LogP contribution in [0.2, 0.25) is 10.0 Å². The van der Waals surface area contributed by atoms with E-state index >= 15 is 0 Å². The number of carbonyl (C=O) groups is 2. The molecule has 3 N–H and O–H groups in total. The number of aromatic amines is 1. The third-order valence-electron chi connectivity index (χ3n) is 4.72. The second-order valence-corrected chi connectivity index (χ2v) is 9.96. The maximum absolute atomic E-state index is 12.8. The standard InChI is InChI=1S/C19H18Cl2N6O7S2/c1-10-7-26(18(32)22-16(10)31)8-14(28)25(9-15(29)30)4-5-27(36(33)34)19-24-23-17(35-19)12-6-11(20)2-3-13(12)21/h2-3,6-7H,4-5,8-9H2,1H3,(H,29,30)(H,33,34)(H,22,31,32). The molecule has 1 amide bonds. The molecule has 0 aliphatic carbocycles. The zero-order chi connectivity index (χ0) is 26.6. The minimum Gasteiger partial charge on any atom is -0.480 e. The van der Waals surface area contributed by atoms with Crippen molar-refractivity contribution in [3.63, 3.8) is 0 Å². The molecule has 0 radical (unpaired) electrons. The van der Waals surface area contributed by atoms with Crippen molar-refractivity contribution in [2.75, 3.05) is 23.9 Å². The number of rotatable bonds is 10. The Balaban J connectivity index is 1.80. The first-order valence-corrected chi connectivity index (χ1v) is 12.6. The summed E-state index contributed by atoms with van der Waals surface area (Å²) in [6.45, 7) is -0.444. The Morgan fingerprint density at radius 2 is 1.94 bits per heavy atom. The highest BCUT2D eigenvalue weighted by atomic mass is 35.5. The Morgan fingerprint density at radius 3 is 2.61 bits per heavy atom. The number of H-pyrrole nitrogens is 1. The summed E-state index contributed by atoms with van der Waals surface area (Å²) in [7, 11) is 0. The predicted octanol–water partition coefficient (Wildman–Crippen LogP) is 1.23. The summed E-state index contributed by atoms with van der Waals surface area (Å²) in [4.78, 5) is 50.6. The number of carbonyl (C=O) groups excluding carboxylic acids is 1. The number of nitrogens with zero attached hydrogens (tertiary/aromatic N) is 5. The fraction of sp³-hybridized carbons (Fsp3) is 0.263. The molecule has 1 atom stereocenters. The summed E-state index contributed by atoms with van der Waals surface area (Å²) in [5.74, 6) is -2.10. The Morgan fingerprint density at radius 1 is 1.22 bits per heavy atom. The molecule has 17 heteroatoms. The highest BCUT2D eigenvalue weighted by Crippen LogP contribution is 2.35. The van der Waals surface area contributed by atoms with E-state index in [1.54, 1.807) is 18.2 Å². The number of benzene rings is 1. The third-order valence-corrected chi connectivity index (χ3v) is 7.11. The van der Waals surface area contributed by atoms with Gasteiger partial charge in [-0.05, 0) is 25.1 Å². The summed E-state index contributed by atoms with van der Waals surface area (Å²) < 4.78 is 23.6. The number of carboxylic acids is 1. The second kappa shape index (κ2) is 11.7. The quantitative estimate of drug-likeness (QED) is 0.299. The average molecular weight is 577 g/mol. The lowest BCUT2D eigenvalue weighted by Crippen LogP contribution is -2.44. The molecule has 1 aromatic carbocycles. The van der Waals surface area contributed by atoms with Crippen molar-refractivity contribution in [1.82, 2.24) is 24.6 Å². The zero-order valence-corrected chi connectivity index (χ0v) is 21.5. The van der Waals surface area contributed by atoms with Crippen LogP contribution in [0, 0.1) is 6.92 Å². The van der Waals surface area contributed by atoms with Crippen LogP contribution >= 0.6 is 34.5 Å². The van der Waals surface area contributed by atoms with Gasteiger partial charge in [0.1, 0.15) is 13.1 Å². The number of carboxylic acid groups (broad SMARTS) is 1. The van der Waals surface area contributed by atoms with Crippen LogP contribution in [0.3, 0.4) is 0 Å². The van der Waals surface area contributed by atoms with Crippen molar-refractivity contribution in [3.8, 4) is 10.6 Å². The maximum Gasteiger partial charge on any atom is 0.328 e. The first kappa shape index (κ1) is 27.5. The summed E-state index contributed by atoms with van der Waals surface area (Å²) in [6.07, 6.45) is 1.18. The van der Waals surface area contributed by atoms with Gasteiger partial charge in [0.25, 0.3) is 16.8 Å². The molecular formula is C19H18Cl2N6O7S2. The molecular weight excluding hydrogens is 559 g/mol. The van der Waals surface area contributed by atoms with Gasteiger partial charge in [-0.2, -0.15) is 0 Å². The maximum atomic E-state index is 12.8. The van der Waals surface area contributed by atoms with Crippen LogP contribution < -0.4 is 15.6 Å². The lowest BCUT2D eigenvalue weighted by atomic mass is 10.2. The van der Waals surface area contributed by atoms with Crippen LogP contribution in [0.5, 0.6) is 0 Å². The highest BCUT2D eigenvalue weighted by molar-refractivity contribution is 7.81. The number of aromatic nitrogens is 4. The monoisotopic (exact) mass is 576 g/mol. The van der Waals surface area contributed by atoms with E-state index in [4.69, 9.17) is 23.2 Å². The van der Waals surface area contributed by atoms with Crippen molar-refractivity contribution in [3.05, 3.63) is 60.8 Å². The van der Waals surface area contributed by atoms with Crippen molar-refractivity contribution in [2.45, 2.75) is 13.5 Å². The Kier molecular flexibility index (Phi) is 8.97. The zero-order valence-electron chi connectivity index (χ0n) is 18.4. The Bertz CT molecular complexity index is 1440. The van der Waals surface area contributed by atoms with Crippen molar-refractivity contribution in [1.29, 1.82) is 0 Å². The molecule has 3 rings (SSSR count). The van der Waals surface area contributed by atoms with Gasteiger partial charge in [0.2, 0.25) is 11.0 Å². The van der Waals surface area contributed by atoms with Crippen LogP contribution in [-0.4, -0.2) is 70.0 Å². The van der Waals surface area contributed by atoms with E-state index in [0.29, 0.717) is 20.6 Å².